The van der Waals surface area contributed by atoms with E-state index in [2.05, 4.69) is 0 Å². The van der Waals surface area contributed by atoms with Gasteiger partial charge in [-0.25, -0.2) is 12.8 Å². The van der Waals surface area contributed by atoms with Crippen molar-refractivity contribution < 1.29 is 12.8 Å². The largest absolute Gasteiger partial charge is 0.398 e. The highest BCUT2D eigenvalue weighted by Gasteiger charge is 2.22. The van der Waals surface area contributed by atoms with Crippen LogP contribution in [-0.2, 0) is 15.6 Å². The highest BCUT2D eigenvalue weighted by Crippen LogP contribution is 2.30. The van der Waals surface area contributed by atoms with Crippen LogP contribution in [0.15, 0.2) is 41.3 Å². The molecule has 7 heteroatoms. The molecule has 0 radical (unpaired) electrons. The highest BCUT2D eigenvalue weighted by molar-refractivity contribution is 7.90. The van der Waals surface area contributed by atoms with Crippen LogP contribution in [0.1, 0.15) is 5.56 Å². The van der Waals surface area contributed by atoms with Gasteiger partial charge in [-0.1, -0.05) is 29.3 Å². The van der Waals surface area contributed by atoms with Gasteiger partial charge < -0.3 is 5.73 Å². The predicted octanol–water partition coefficient (Wildman–Crippen LogP) is 3.69. The van der Waals surface area contributed by atoms with E-state index in [-0.39, 0.29) is 26.2 Å². The van der Waals surface area contributed by atoms with E-state index >= 15 is 0 Å². The summed E-state index contributed by atoms with van der Waals surface area (Å²) in [4.78, 5) is -0.270. The molecule has 0 atom stereocenters. The SMILES string of the molecule is Nc1ccc(F)cc1S(=O)(=O)Cc1c(Cl)cccc1Cl. The van der Waals surface area contributed by atoms with Gasteiger partial charge in [-0.15, -0.1) is 0 Å². The fraction of sp³-hybridized carbons (Fsp3) is 0.0769. The zero-order chi connectivity index (χ0) is 14.9. The molecule has 0 spiro atoms. The second kappa shape index (κ2) is 5.60. The number of hydrogen-bond acceptors (Lipinski definition) is 3. The van der Waals surface area contributed by atoms with Crippen LogP contribution >= 0.6 is 23.2 Å². The minimum absolute atomic E-state index is 0.0189. The average Bonchev–Trinajstić information content (AvgIpc) is 2.37. The molecule has 0 aliphatic heterocycles. The van der Waals surface area contributed by atoms with Gasteiger partial charge in [0.25, 0.3) is 0 Å². The number of nitrogen functional groups attached to an aromatic ring is 1. The Labute approximate surface area is 126 Å². The van der Waals surface area contributed by atoms with Crippen molar-refractivity contribution in [3.05, 3.63) is 57.8 Å². The molecule has 0 bridgehead atoms. The number of halogens is 3. The summed E-state index contributed by atoms with van der Waals surface area (Å²) in [5.41, 5.74) is 5.84. The zero-order valence-electron chi connectivity index (χ0n) is 10.1. The van der Waals surface area contributed by atoms with Crippen molar-refractivity contribution in [1.82, 2.24) is 0 Å². The van der Waals surface area contributed by atoms with Gasteiger partial charge in [0.05, 0.1) is 16.3 Å². The maximum atomic E-state index is 13.2. The first-order valence-electron chi connectivity index (χ1n) is 5.52. The third-order valence-electron chi connectivity index (χ3n) is 2.71. The van der Waals surface area contributed by atoms with Gasteiger partial charge in [-0.05, 0) is 30.3 Å². The number of benzene rings is 2. The molecule has 20 heavy (non-hydrogen) atoms. The molecule has 0 saturated heterocycles. The normalized spacial score (nSPS) is 11.6. The smallest absolute Gasteiger partial charge is 0.184 e. The highest BCUT2D eigenvalue weighted by atomic mass is 35.5. The molecule has 2 rings (SSSR count). The van der Waals surface area contributed by atoms with Crippen LogP contribution in [-0.4, -0.2) is 8.42 Å². The van der Waals surface area contributed by atoms with Crippen LogP contribution in [0.3, 0.4) is 0 Å². The topological polar surface area (TPSA) is 60.2 Å². The maximum absolute atomic E-state index is 13.2. The van der Waals surface area contributed by atoms with Crippen LogP contribution in [0, 0.1) is 5.82 Å². The molecule has 0 unspecified atom stereocenters. The average molecular weight is 334 g/mol. The summed E-state index contributed by atoms with van der Waals surface area (Å²) in [5, 5.41) is 0.465. The summed E-state index contributed by atoms with van der Waals surface area (Å²) in [7, 11) is -3.85. The Balaban J connectivity index is 2.49. The molecular weight excluding hydrogens is 324 g/mol. The first-order chi connectivity index (χ1) is 9.31. The third kappa shape index (κ3) is 3.06. The molecule has 3 nitrogen and oxygen atoms in total. The van der Waals surface area contributed by atoms with E-state index in [9.17, 15) is 12.8 Å². The molecular formula is C13H10Cl2FNO2S. The van der Waals surface area contributed by atoms with E-state index in [1.54, 1.807) is 6.07 Å². The van der Waals surface area contributed by atoms with Gasteiger partial charge >= 0.3 is 0 Å². The zero-order valence-corrected chi connectivity index (χ0v) is 12.4. The van der Waals surface area contributed by atoms with Crippen molar-refractivity contribution in [1.29, 1.82) is 0 Å². The van der Waals surface area contributed by atoms with E-state index in [4.69, 9.17) is 28.9 Å². The van der Waals surface area contributed by atoms with Crippen molar-refractivity contribution in [2.75, 3.05) is 5.73 Å². The molecule has 0 aromatic heterocycles. The van der Waals surface area contributed by atoms with E-state index in [0.29, 0.717) is 0 Å². The van der Waals surface area contributed by atoms with Crippen molar-refractivity contribution in [2.45, 2.75) is 10.6 Å². The van der Waals surface area contributed by atoms with Gasteiger partial charge in [0.2, 0.25) is 0 Å². The third-order valence-corrected chi connectivity index (χ3v) is 5.11. The second-order valence-electron chi connectivity index (χ2n) is 4.14. The Bertz CT molecular complexity index is 743. The van der Waals surface area contributed by atoms with E-state index in [0.717, 1.165) is 12.1 Å². The fourth-order valence-corrected chi connectivity index (χ4v) is 3.97. The monoisotopic (exact) mass is 333 g/mol. The Hall–Kier alpha value is -1.30. The Morgan fingerprint density at radius 2 is 1.70 bits per heavy atom. The van der Waals surface area contributed by atoms with E-state index in [1.807, 2.05) is 0 Å². The molecule has 0 amide bonds. The lowest BCUT2D eigenvalue weighted by atomic mass is 10.2. The molecule has 0 aliphatic rings. The van der Waals surface area contributed by atoms with Crippen molar-refractivity contribution in [3.63, 3.8) is 0 Å². The molecule has 2 aromatic rings. The van der Waals surface area contributed by atoms with E-state index in [1.165, 1.54) is 18.2 Å². The summed E-state index contributed by atoms with van der Waals surface area (Å²) >= 11 is 11.9. The molecule has 2 N–H and O–H groups in total. The molecule has 0 saturated carbocycles. The predicted molar refractivity (Wildman–Crippen MR) is 78.2 cm³/mol. The molecule has 0 aliphatic carbocycles. The first kappa shape index (κ1) is 15.1. The van der Waals surface area contributed by atoms with E-state index < -0.39 is 21.4 Å². The number of sulfone groups is 1. The summed E-state index contributed by atoms with van der Waals surface area (Å²) in [5.74, 6) is -1.12. The number of nitrogens with two attached hydrogens (primary N) is 1. The first-order valence-corrected chi connectivity index (χ1v) is 7.93. The summed E-state index contributed by atoms with van der Waals surface area (Å²) in [6, 6.07) is 7.86. The van der Waals surface area contributed by atoms with Crippen molar-refractivity contribution in [2.24, 2.45) is 0 Å². The number of anilines is 1. The van der Waals surface area contributed by atoms with Crippen LogP contribution in [0.5, 0.6) is 0 Å². The standard InChI is InChI=1S/C13H10Cl2FNO2S/c14-10-2-1-3-11(15)9(10)7-20(18,19)13-6-8(16)4-5-12(13)17/h1-6H,7,17H2. The lowest BCUT2D eigenvalue weighted by Crippen LogP contribution is -2.09. The van der Waals surface area contributed by atoms with Gasteiger partial charge in [-0.3, -0.25) is 0 Å². The van der Waals surface area contributed by atoms with Gasteiger partial charge in [0.15, 0.2) is 9.84 Å². The van der Waals surface area contributed by atoms with Gasteiger partial charge in [-0.2, -0.15) is 0 Å². The van der Waals surface area contributed by atoms with Crippen LogP contribution in [0.4, 0.5) is 10.1 Å². The van der Waals surface area contributed by atoms with Gasteiger partial charge in [0, 0.05) is 15.6 Å². The summed E-state index contributed by atoms with van der Waals surface area (Å²) < 4.78 is 37.8. The number of rotatable bonds is 3. The van der Waals surface area contributed by atoms with Crippen molar-refractivity contribution in [3.8, 4) is 0 Å². The molecule has 0 heterocycles. The molecule has 106 valence electrons. The van der Waals surface area contributed by atoms with Crippen LogP contribution in [0.2, 0.25) is 10.0 Å². The Kier molecular flexibility index (Phi) is 4.22. The maximum Gasteiger partial charge on any atom is 0.184 e. The summed E-state index contributed by atoms with van der Waals surface area (Å²) in [6.45, 7) is 0. The quantitative estimate of drug-likeness (QED) is 0.871. The molecule has 0 fully saturated rings. The summed E-state index contributed by atoms with van der Waals surface area (Å²) in [6.07, 6.45) is 0. The van der Waals surface area contributed by atoms with Crippen LogP contribution in [0.25, 0.3) is 0 Å². The van der Waals surface area contributed by atoms with Crippen LogP contribution < -0.4 is 5.73 Å². The minimum atomic E-state index is -3.85. The Morgan fingerprint density at radius 1 is 1.10 bits per heavy atom. The lowest BCUT2D eigenvalue weighted by Gasteiger charge is -2.10. The minimum Gasteiger partial charge on any atom is -0.398 e. The second-order valence-corrected chi connectivity index (χ2v) is 6.91. The fourth-order valence-electron chi connectivity index (χ4n) is 1.72. The molecule has 2 aromatic carbocycles. The van der Waals surface area contributed by atoms with Gasteiger partial charge in [0.1, 0.15) is 5.82 Å². The number of hydrogen-bond donors (Lipinski definition) is 1. The Morgan fingerprint density at radius 3 is 2.30 bits per heavy atom. The van der Waals surface area contributed by atoms with Crippen molar-refractivity contribution >= 4 is 38.7 Å². The lowest BCUT2D eigenvalue weighted by molar-refractivity contribution is 0.590.